The van der Waals surface area contributed by atoms with Gasteiger partial charge in [0.2, 0.25) is 0 Å². The molecule has 2 aliphatic rings. The van der Waals surface area contributed by atoms with Crippen LogP contribution in [0.1, 0.15) is 46.6 Å². The summed E-state index contributed by atoms with van der Waals surface area (Å²) >= 11 is 0. The number of nitrogens with zero attached hydrogens (tertiary/aromatic N) is 1. The van der Waals surface area contributed by atoms with Crippen molar-refractivity contribution in [1.29, 1.82) is 0 Å². The highest BCUT2D eigenvalue weighted by Gasteiger charge is 2.39. The molecule has 0 radical (unpaired) electrons. The molecule has 0 bridgehead atoms. The molecule has 126 valence electrons. The van der Waals surface area contributed by atoms with Crippen LogP contribution in [-0.2, 0) is 10.2 Å². The average molecular weight is 316 g/mol. The fraction of sp³-hybridized carbons (Fsp3) is 0.526. The van der Waals surface area contributed by atoms with Crippen LogP contribution in [0.4, 0.5) is 10.5 Å². The molecule has 1 spiro atoms. The zero-order valence-electron chi connectivity index (χ0n) is 14.8. The van der Waals surface area contributed by atoms with Gasteiger partial charge in [-0.3, -0.25) is 4.90 Å². The molecule has 3 rings (SSSR count). The molecule has 0 aliphatic carbocycles. The van der Waals surface area contributed by atoms with Crippen molar-refractivity contribution in [2.75, 3.05) is 18.4 Å². The molecule has 1 atom stereocenters. The van der Waals surface area contributed by atoms with Crippen LogP contribution in [0.25, 0.3) is 0 Å². The average Bonchev–Trinajstić information content (AvgIpc) is 2.88. The number of anilines is 1. The molecule has 4 heteroatoms. The van der Waals surface area contributed by atoms with E-state index in [-0.39, 0.29) is 11.5 Å². The Morgan fingerprint density at radius 3 is 2.57 bits per heavy atom. The summed E-state index contributed by atoms with van der Waals surface area (Å²) in [5.74, 6) is 0. The van der Waals surface area contributed by atoms with Crippen LogP contribution in [0, 0.1) is 0 Å². The molecule has 0 fully saturated rings. The predicted molar refractivity (Wildman–Crippen MR) is 94.7 cm³/mol. The monoisotopic (exact) mass is 316 g/mol. The van der Waals surface area contributed by atoms with E-state index in [0.717, 1.165) is 13.0 Å². The Labute approximate surface area is 139 Å². The number of carbonyl (C=O) groups is 1. The van der Waals surface area contributed by atoms with E-state index in [2.05, 4.69) is 29.6 Å². The zero-order chi connectivity index (χ0) is 17.1. The number of carbonyl (C=O) groups excluding carboxylic acids is 1. The van der Waals surface area contributed by atoms with Gasteiger partial charge in [-0.05, 0) is 38.8 Å². The highest BCUT2D eigenvalue weighted by molar-refractivity contribution is 5.70. The largest absolute Gasteiger partial charge is 0.443 e. The van der Waals surface area contributed by atoms with Crippen LogP contribution < -0.4 is 5.32 Å². The second kappa shape index (κ2) is 6.65. The zero-order valence-corrected chi connectivity index (χ0v) is 14.8. The van der Waals surface area contributed by atoms with Gasteiger partial charge < -0.3 is 10.1 Å². The van der Waals surface area contributed by atoms with Crippen LogP contribution in [0.15, 0.2) is 36.5 Å². The number of ether oxygens (including phenoxy) is 1. The van der Waals surface area contributed by atoms with Gasteiger partial charge in [-0.15, -0.1) is 0 Å². The van der Waals surface area contributed by atoms with Gasteiger partial charge in [0.15, 0.2) is 0 Å². The molecule has 4 nitrogen and oxygen atoms in total. The lowest BCUT2D eigenvalue weighted by molar-refractivity contribution is 0.0316. The van der Waals surface area contributed by atoms with Crippen LogP contribution in [0.3, 0.4) is 0 Å². The van der Waals surface area contributed by atoms with Crippen LogP contribution in [-0.4, -0.2) is 29.7 Å². The molecule has 1 aromatic rings. The van der Waals surface area contributed by atoms with Crippen molar-refractivity contribution >= 4 is 11.8 Å². The lowest BCUT2D eigenvalue weighted by Gasteiger charge is -2.34. The summed E-state index contributed by atoms with van der Waals surface area (Å²) in [4.78, 5) is 13.8. The Balaban J connectivity index is 0.000000924. The molecule has 1 amide bonds. The molecule has 0 aromatic heterocycles. The summed E-state index contributed by atoms with van der Waals surface area (Å²) in [6, 6.07) is 8.40. The summed E-state index contributed by atoms with van der Waals surface area (Å²) in [5.41, 5.74) is 2.08. The third-order valence-electron chi connectivity index (χ3n) is 4.06. The van der Waals surface area contributed by atoms with Gasteiger partial charge in [0, 0.05) is 30.4 Å². The molecular weight excluding hydrogens is 288 g/mol. The first-order valence-corrected chi connectivity index (χ1v) is 8.42. The summed E-state index contributed by atoms with van der Waals surface area (Å²) in [6.07, 6.45) is 4.65. The van der Waals surface area contributed by atoms with Crippen molar-refractivity contribution in [1.82, 2.24) is 4.90 Å². The van der Waals surface area contributed by atoms with E-state index in [0.29, 0.717) is 6.54 Å². The highest BCUT2D eigenvalue weighted by Crippen LogP contribution is 2.42. The Bertz CT molecular complexity index is 589. The molecule has 2 heterocycles. The van der Waals surface area contributed by atoms with Gasteiger partial charge in [0.1, 0.15) is 5.60 Å². The van der Waals surface area contributed by atoms with Gasteiger partial charge in [-0.25, -0.2) is 4.79 Å². The second-order valence-electron chi connectivity index (χ2n) is 6.79. The van der Waals surface area contributed by atoms with Gasteiger partial charge in [0.05, 0.1) is 0 Å². The second-order valence-corrected chi connectivity index (χ2v) is 6.79. The molecule has 23 heavy (non-hydrogen) atoms. The maximum atomic E-state index is 12.1. The summed E-state index contributed by atoms with van der Waals surface area (Å²) < 4.78 is 5.42. The first kappa shape index (κ1) is 17.4. The minimum atomic E-state index is -0.457. The first-order valence-electron chi connectivity index (χ1n) is 8.42. The number of hydrogen-bond acceptors (Lipinski definition) is 3. The summed E-state index contributed by atoms with van der Waals surface area (Å²) in [5, 5.41) is 3.46. The summed E-state index contributed by atoms with van der Waals surface area (Å²) in [7, 11) is 0. The third kappa shape index (κ3) is 3.69. The van der Waals surface area contributed by atoms with Crippen LogP contribution in [0.2, 0.25) is 0 Å². The molecule has 2 aliphatic heterocycles. The maximum absolute atomic E-state index is 12.1. The lowest BCUT2D eigenvalue weighted by atomic mass is 9.78. The SMILES string of the molecule is CC.CC(C)(C)OC(=O)N1C=CC2(CC1)CNc1ccccc12. The number of nitrogens with one attached hydrogen (secondary N) is 1. The Kier molecular flexibility index (Phi) is 5.03. The lowest BCUT2D eigenvalue weighted by Crippen LogP contribution is -2.41. The number of hydrogen-bond donors (Lipinski definition) is 1. The van der Waals surface area contributed by atoms with Crippen LogP contribution in [0.5, 0.6) is 0 Å². The smallest absolute Gasteiger partial charge is 0.414 e. The fourth-order valence-electron chi connectivity index (χ4n) is 2.97. The van der Waals surface area contributed by atoms with Crippen molar-refractivity contribution in [3.05, 3.63) is 42.1 Å². The highest BCUT2D eigenvalue weighted by atomic mass is 16.6. The van der Waals surface area contributed by atoms with Gasteiger partial charge in [-0.1, -0.05) is 38.1 Å². The normalized spacial score (nSPS) is 22.0. The first-order chi connectivity index (χ1) is 10.9. The molecule has 0 saturated heterocycles. The van der Waals surface area contributed by atoms with Gasteiger partial charge >= 0.3 is 6.09 Å². The van der Waals surface area contributed by atoms with E-state index < -0.39 is 5.60 Å². The minimum absolute atomic E-state index is 0.00903. The van der Waals surface area contributed by atoms with E-state index in [1.54, 1.807) is 4.90 Å². The molecular formula is C19H28N2O2. The molecule has 1 N–H and O–H groups in total. The van der Waals surface area contributed by atoms with E-state index in [1.807, 2.05) is 46.9 Å². The maximum Gasteiger partial charge on any atom is 0.414 e. The topological polar surface area (TPSA) is 41.6 Å². The van der Waals surface area contributed by atoms with Crippen molar-refractivity contribution in [3.8, 4) is 0 Å². The van der Waals surface area contributed by atoms with Crippen molar-refractivity contribution in [2.45, 2.75) is 52.1 Å². The van der Waals surface area contributed by atoms with Crippen molar-refractivity contribution < 1.29 is 9.53 Å². The van der Waals surface area contributed by atoms with E-state index >= 15 is 0 Å². The quantitative estimate of drug-likeness (QED) is 0.764. The predicted octanol–water partition coefficient (Wildman–Crippen LogP) is 4.53. The fourth-order valence-corrected chi connectivity index (χ4v) is 2.97. The number of amides is 1. The molecule has 0 saturated carbocycles. The van der Waals surface area contributed by atoms with Gasteiger partial charge in [0.25, 0.3) is 0 Å². The number of para-hydroxylation sites is 1. The van der Waals surface area contributed by atoms with E-state index in [9.17, 15) is 4.79 Å². The summed E-state index contributed by atoms with van der Waals surface area (Å²) in [6.45, 7) is 11.2. The van der Waals surface area contributed by atoms with Crippen molar-refractivity contribution in [3.63, 3.8) is 0 Å². The van der Waals surface area contributed by atoms with E-state index in [1.165, 1.54) is 11.3 Å². The standard InChI is InChI=1S/C17H22N2O2.C2H6/c1-16(2,3)21-15(20)19-10-8-17(9-11-19)12-18-14-7-5-4-6-13(14)17;1-2/h4-8,10,18H,9,11-12H2,1-3H3;1-2H3. The van der Waals surface area contributed by atoms with Gasteiger partial charge in [-0.2, -0.15) is 0 Å². The Morgan fingerprint density at radius 2 is 1.96 bits per heavy atom. The van der Waals surface area contributed by atoms with Crippen molar-refractivity contribution in [2.24, 2.45) is 0 Å². The Morgan fingerprint density at radius 1 is 1.26 bits per heavy atom. The number of fused-ring (bicyclic) bond motifs is 2. The number of rotatable bonds is 0. The third-order valence-corrected chi connectivity index (χ3v) is 4.06. The minimum Gasteiger partial charge on any atom is -0.443 e. The van der Waals surface area contributed by atoms with E-state index in [4.69, 9.17) is 4.74 Å². The number of benzene rings is 1. The Hall–Kier alpha value is -1.97. The molecule has 1 aromatic carbocycles. The van der Waals surface area contributed by atoms with Crippen LogP contribution >= 0.6 is 0 Å². The molecule has 1 unspecified atom stereocenters.